The lowest BCUT2D eigenvalue weighted by Crippen LogP contribution is -2.36. The fraction of sp³-hybridized carbons (Fsp3) is 0.133. The zero-order valence-corrected chi connectivity index (χ0v) is 22.3. The molecule has 1 aliphatic heterocycles. The maximum Gasteiger partial charge on any atom is 0.257 e. The first-order valence-electron chi connectivity index (χ1n) is 13.3. The lowest BCUT2D eigenvalue weighted by Gasteiger charge is -2.27. The summed E-state index contributed by atoms with van der Waals surface area (Å²) < 4.78 is 22.6. The van der Waals surface area contributed by atoms with Crippen LogP contribution in [-0.2, 0) is 4.74 Å². The van der Waals surface area contributed by atoms with E-state index < -0.39 is 0 Å². The molecule has 12 heteroatoms. The molecule has 1 fully saturated rings. The summed E-state index contributed by atoms with van der Waals surface area (Å²) in [4.78, 5) is 33.0. The van der Waals surface area contributed by atoms with Crippen LogP contribution in [0, 0.1) is 5.82 Å². The third-order valence-electron chi connectivity index (χ3n) is 6.96. The first-order valence-corrected chi connectivity index (χ1v) is 13.3. The summed E-state index contributed by atoms with van der Waals surface area (Å²) in [7, 11) is 0. The van der Waals surface area contributed by atoms with Crippen LogP contribution in [0.4, 0.5) is 16.0 Å². The highest BCUT2D eigenvalue weighted by molar-refractivity contribution is 6.04. The SMILES string of the molecule is O=C(Nc1cn2nc(-c3c(-c4ccc(F)cc4)ncn3-c3cccnc3)ccc2n1)c1ccnc(N2CCOCC2)c1. The number of carbonyl (C=O) groups is 1. The molecule has 11 nitrogen and oxygen atoms in total. The van der Waals surface area contributed by atoms with E-state index >= 15 is 0 Å². The molecule has 0 atom stereocenters. The topological polar surface area (TPSA) is 115 Å². The van der Waals surface area contributed by atoms with Gasteiger partial charge in [0.05, 0.1) is 37.0 Å². The molecule has 7 rings (SSSR count). The fourth-order valence-corrected chi connectivity index (χ4v) is 4.89. The van der Waals surface area contributed by atoms with Gasteiger partial charge in [-0.1, -0.05) is 0 Å². The molecule has 42 heavy (non-hydrogen) atoms. The van der Waals surface area contributed by atoms with Crippen LogP contribution in [0.2, 0.25) is 0 Å². The van der Waals surface area contributed by atoms with Crippen molar-refractivity contribution in [3.8, 4) is 28.3 Å². The Morgan fingerprint density at radius 3 is 2.64 bits per heavy atom. The molecule has 0 unspecified atom stereocenters. The Labute approximate surface area is 239 Å². The largest absolute Gasteiger partial charge is 0.378 e. The van der Waals surface area contributed by atoms with Crippen LogP contribution in [0.25, 0.3) is 34.0 Å². The Balaban J connectivity index is 1.21. The molecule has 1 aliphatic rings. The lowest BCUT2D eigenvalue weighted by molar-refractivity contribution is 0.102. The number of aromatic nitrogens is 7. The summed E-state index contributed by atoms with van der Waals surface area (Å²) in [6, 6.07) is 17.0. The van der Waals surface area contributed by atoms with Crippen molar-refractivity contribution in [3.63, 3.8) is 0 Å². The molecule has 1 saturated heterocycles. The minimum Gasteiger partial charge on any atom is -0.378 e. The minimum atomic E-state index is -0.330. The van der Waals surface area contributed by atoms with Crippen molar-refractivity contribution in [3.05, 3.63) is 103 Å². The highest BCUT2D eigenvalue weighted by atomic mass is 19.1. The van der Waals surface area contributed by atoms with Crippen LogP contribution in [-0.4, -0.2) is 66.3 Å². The number of carbonyl (C=O) groups excluding carboxylic acids is 1. The van der Waals surface area contributed by atoms with Crippen molar-refractivity contribution >= 4 is 23.2 Å². The number of ether oxygens (including phenoxy) is 1. The maximum atomic E-state index is 13.7. The second-order valence-corrected chi connectivity index (χ2v) is 9.63. The molecule has 0 bridgehead atoms. The van der Waals surface area contributed by atoms with Crippen LogP contribution in [0.1, 0.15) is 10.4 Å². The maximum absolute atomic E-state index is 13.7. The van der Waals surface area contributed by atoms with E-state index in [2.05, 4.69) is 30.2 Å². The fourth-order valence-electron chi connectivity index (χ4n) is 4.89. The molecule has 1 aromatic carbocycles. The van der Waals surface area contributed by atoms with Crippen LogP contribution < -0.4 is 10.2 Å². The van der Waals surface area contributed by atoms with Crippen LogP contribution in [0.3, 0.4) is 0 Å². The van der Waals surface area contributed by atoms with Gasteiger partial charge in [-0.05, 0) is 60.7 Å². The summed E-state index contributed by atoms with van der Waals surface area (Å²) in [6.07, 6.45) is 8.40. The number of hydrogen-bond acceptors (Lipinski definition) is 8. The smallest absolute Gasteiger partial charge is 0.257 e. The van der Waals surface area contributed by atoms with Crippen LogP contribution in [0.5, 0.6) is 0 Å². The van der Waals surface area contributed by atoms with E-state index in [0.29, 0.717) is 47.3 Å². The van der Waals surface area contributed by atoms with E-state index in [1.807, 2.05) is 28.8 Å². The van der Waals surface area contributed by atoms with Gasteiger partial charge in [0.25, 0.3) is 5.91 Å². The minimum absolute atomic E-state index is 0.302. The van der Waals surface area contributed by atoms with Gasteiger partial charge in [-0.3, -0.25) is 14.3 Å². The van der Waals surface area contributed by atoms with Gasteiger partial charge >= 0.3 is 0 Å². The number of pyridine rings is 2. The number of imidazole rings is 2. The van der Waals surface area contributed by atoms with E-state index in [4.69, 9.17) is 9.84 Å². The zero-order valence-electron chi connectivity index (χ0n) is 22.3. The number of nitrogens with one attached hydrogen (secondary N) is 1. The van der Waals surface area contributed by atoms with Gasteiger partial charge in [0.15, 0.2) is 11.5 Å². The van der Waals surface area contributed by atoms with Crippen molar-refractivity contribution in [2.75, 3.05) is 36.5 Å². The molecule has 6 aromatic rings. The lowest BCUT2D eigenvalue weighted by atomic mass is 10.1. The van der Waals surface area contributed by atoms with Crippen LogP contribution in [0.15, 0.2) is 91.8 Å². The normalized spacial score (nSPS) is 13.4. The van der Waals surface area contributed by atoms with Crippen molar-refractivity contribution in [1.82, 2.24) is 34.1 Å². The monoisotopic (exact) mass is 561 g/mol. The average Bonchev–Trinajstić information content (AvgIpc) is 3.66. The molecule has 0 radical (unpaired) electrons. The number of fused-ring (bicyclic) bond motifs is 1. The van der Waals surface area contributed by atoms with Gasteiger partial charge in [-0.15, -0.1) is 0 Å². The Bertz CT molecular complexity index is 1880. The highest BCUT2D eigenvalue weighted by Gasteiger charge is 2.20. The van der Waals surface area contributed by atoms with Crippen molar-refractivity contribution < 1.29 is 13.9 Å². The molecule has 208 valence electrons. The summed E-state index contributed by atoms with van der Waals surface area (Å²) in [5.41, 5.74) is 4.49. The number of nitrogens with zero attached hydrogens (tertiary/aromatic N) is 8. The Morgan fingerprint density at radius 1 is 0.976 bits per heavy atom. The van der Waals surface area contributed by atoms with Gasteiger partial charge in [0, 0.05) is 36.6 Å². The number of halogens is 1. The number of benzene rings is 1. The molecular weight excluding hydrogens is 537 g/mol. The van der Waals surface area contributed by atoms with Gasteiger partial charge < -0.3 is 15.0 Å². The highest BCUT2D eigenvalue weighted by Crippen LogP contribution is 2.32. The molecule has 0 spiro atoms. The standard InChI is InChI=1S/C30H24FN9O2/c31-22-5-3-20(4-6-22)28-29(39(19-34-28)23-2-1-10-32-17-23)24-7-8-26-35-25(18-40(26)37-24)36-30(41)21-9-11-33-27(16-21)38-12-14-42-15-13-38/h1-11,16-19H,12-15H2,(H,36,41). The van der Waals surface area contributed by atoms with Gasteiger partial charge in [0.2, 0.25) is 0 Å². The van der Waals surface area contributed by atoms with E-state index in [9.17, 15) is 9.18 Å². The van der Waals surface area contributed by atoms with Gasteiger partial charge in [0.1, 0.15) is 29.4 Å². The van der Waals surface area contributed by atoms with E-state index in [1.165, 1.54) is 12.1 Å². The predicted molar refractivity (Wildman–Crippen MR) is 154 cm³/mol. The average molecular weight is 562 g/mol. The number of hydrogen-bond donors (Lipinski definition) is 1. The van der Waals surface area contributed by atoms with Crippen LogP contribution >= 0.6 is 0 Å². The molecule has 6 heterocycles. The molecular formula is C30H24FN9O2. The summed E-state index contributed by atoms with van der Waals surface area (Å²) in [6.45, 7) is 2.70. The quantitative estimate of drug-likeness (QED) is 0.321. The molecule has 5 aromatic heterocycles. The second kappa shape index (κ2) is 10.8. The summed E-state index contributed by atoms with van der Waals surface area (Å²) >= 11 is 0. The van der Waals surface area contributed by atoms with Crippen molar-refractivity contribution in [2.24, 2.45) is 0 Å². The van der Waals surface area contributed by atoms with Crippen molar-refractivity contribution in [1.29, 1.82) is 0 Å². The van der Waals surface area contributed by atoms with Crippen molar-refractivity contribution in [2.45, 2.75) is 0 Å². The zero-order chi connectivity index (χ0) is 28.5. The number of amides is 1. The molecule has 1 amide bonds. The Hall–Kier alpha value is -5.49. The third kappa shape index (κ3) is 4.95. The first-order chi connectivity index (χ1) is 20.6. The molecule has 0 aliphatic carbocycles. The van der Waals surface area contributed by atoms with Gasteiger partial charge in [-0.2, -0.15) is 5.10 Å². The Morgan fingerprint density at radius 2 is 1.83 bits per heavy atom. The molecule has 1 N–H and O–H groups in total. The van der Waals surface area contributed by atoms with E-state index in [-0.39, 0.29) is 11.7 Å². The summed E-state index contributed by atoms with van der Waals surface area (Å²) in [5, 5.41) is 7.67. The predicted octanol–water partition coefficient (Wildman–Crippen LogP) is 4.27. The first kappa shape index (κ1) is 25.5. The number of anilines is 2. The number of rotatable bonds is 6. The van der Waals surface area contributed by atoms with E-state index in [1.54, 1.807) is 59.9 Å². The molecule has 0 saturated carbocycles. The second-order valence-electron chi connectivity index (χ2n) is 9.63. The third-order valence-corrected chi connectivity index (χ3v) is 6.96. The Kier molecular flexibility index (Phi) is 6.56. The van der Waals surface area contributed by atoms with Gasteiger partial charge in [-0.25, -0.2) is 23.9 Å². The van der Waals surface area contributed by atoms with E-state index in [0.717, 1.165) is 30.2 Å². The number of morpholine rings is 1. The summed E-state index contributed by atoms with van der Waals surface area (Å²) in [5.74, 6) is 0.454.